The molecule has 2 heteroatoms. The summed E-state index contributed by atoms with van der Waals surface area (Å²) in [6.45, 7) is 5.35. The predicted octanol–water partition coefficient (Wildman–Crippen LogP) is 3.22. The van der Waals surface area contributed by atoms with Gasteiger partial charge >= 0.3 is 0 Å². The van der Waals surface area contributed by atoms with Gasteiger partial charge in [0.15, 0.2) is 0 Å². The van der Waals surface area contributed by atoms with E-state index in [1.807, 2.05) is 0 Å². The van der Waals surface area contributed by atoms with Crippen LogP contribution in [0.4, 0.5) is 0 Å². The Morgan fingerprint density at radius 2 is 2.11 bits per heavy atom. The maximum atomic E-state index is 6.23. The van der Waals surface area contributed by atoms with Crippen molar-refractivity contribution in [2.45, 2.75) is 44.4 Å². The number of allylic oxidation sites excluding steroid dienone is 1. The van der Waals surface area contributed by atoms with Crippen LogP contribution in [-0.2, 0) is 10.8 Å². The lowest BCUT2D eigenvalue weighted by molar-refractivity contribution is 0.00454. The van der Waals surface area contributed by atoms with E-state index in [1.54, 1.807) is 0 Å². The maximum absolute atomic E-state index is 6.23. The molecule has 1 nitrogen and oxygen atoms in total. The lowest BCUT2D eigenvalue weighted by Gasteiger charge is -2.38. The minimum absolute atomic E-state index is 0.142. The predicted molar refractivity (Wildman–Crippen MR) is 80.7 cm³/mol. The van der Waals surface area contributed by atoms with Crippen LogP contribution < -0.4 is 0 Å². The van der Waals surface area contributed by atoms with Gasteiger partial charge in [-0.2, -0.15) is 0 Å². The fraction of sp³-hybridized carbons (Fsp3) is 0.500. The van der Waals surface area contributed by atoms with Crippen molar-refractivity contribution in [2.24, 2.45) is 0 Å². The second kappa shape index (κ2) is 6.35. The Balaban J connectivity index is 2.06. The van der Waals surface area contributed by atoms with Crippen LogP contribution in [0.3, 0.4) is 0 Å². The molecule has 1 fully saturated rings. The molecule has 0 saturated carbocycles. The molecule has 0 aromatic heterocycles. The average Bonchev–Trinajstić information content (AvgIpc) is 2.46. The first-order valence-corrected chi connectivity index (χ1v) is 8.79. The summed E-state index contributed by atoms with van der Waals surface area (Å²) in [5, 5.41) is 0.142. The number of hydrogen-bond donors (Lipinski definition) is 0. The summed E-state index contributed by atoms with van der Waals surface area (Å²) < 4.78 is 6.23. The molecule has 2 rings (SSSR count). The largest absolute Gasteiger partial charge is 0.375 e. The monoisotopic (exact) mass is 260 g/mol. The lowest BCUT2D eigenvalue weighted by Crippen LogP contribution is -2.44. The first kappa shape index (κ1) is 13.6. The fourth-order valence-corrected chi connectivity index (χ4v) is 5.22. The van der Waals surface area contributed by atoms with E-state index in [2.05, 4.69) is 50.3 Å². The van der Waals surface area contributed by atoms with Gasteiger partial charge in [0.1, 0.15) is 0 Å². The molecule has 0 bridgehead atoms. The number of benzene rings is 1. The van der Waals surface area contributed by atoms with Crippen molar-refractivity contribution in [1.82, 2.24) is 0 Å². The lowest BCUT2D eigenvalue weighted by atomic mass is 10.0. The summed E-state index contributed by atoms with van der Waals surface area (Å²) >= 11 is 0. The van der Waals surface area contributed by atoms with E-state index >= 15 is 0 Å². The van der Waals surface area contributed by atoms with Crippen molar-refractivity contribution in [3.05, 3.63) is 47.5 Å². The Bertz CT molecular complexity index is 391. The SMILES string of the molecule is CC=C(C)C1([SiH2]Cc2ccccc2)CCCCO1. The molecule has 1 aromatic carbocycles. The highest BCUT2D eigenvalue weighted by molar-refractivity contribution is 6.40. The van der Waals surface area contributed by atoms with Crippen LogP contribution in [0.15, 0.2) is 42.0 Å². The minimum atomic E-state index is -0.289. The molecule has 1 atom stereocenters. The van der Waals surface area contributed by atoms with Gasteiger partial charge in [-0.1, -0.05) is 47.5 Å². The fourth-order valence-electron chi connectivity index (χ4n) is 2.81. The van der Waals surface area contributed by atoms with Gasteiger partial charge in [-0.05, 0) is 39.2 Å². The van der Waals surface area contributed by atoms with Crippen molar-refractivity contribution >= 4 is 9.52 Å². The van der Waals surface area contributed by atoms with Crippen LogP contribution in [0.25, 0.3) is 0 Å². The van der Waals surface area contributed by atoms with E-state index in [1.165, 1.54) is 36.4 Å². The third-order valence-corrected chi connectivity index (χ3v) is 6.92. The highest BCUT2D eigenvalue weighted by Crippen LogP contribution is 2.31. The number of hydrogen-bond acceptors (Lipinski definition) is 1. The second-order valence-electron chi connectivity index (χ2n) is 5.26. The number of rotatable bonds is 4. The average molecular weight is 260 g/mol. The Kier molecular flexibility index (Phi) is 4.78. The van der Waals surface area contributed by atoms with Gasteiger partial charge in [-0.15, -0.1) is 0 Å². The van der Waals surface area contributed by atoms with Crippen LogP contribution in [0.5, 0.6) is 0 Å². The topological polar surface area (TPSA) is 9.23 Å². The van der Waals surface area contributed by atoms with Crippen molar-refractivity contribution in [3.8, 4) is 0 Å². The van der Waals surface area contributed by atoms with E-state index in [-0.39, 0.29) is 14.7 Å². The van der Waals surface area contributed by atoms with E-state index in [0.29, 0.717) is 0 Å². The highest BCUT2D eigenvalue weighted by Gasteiger charge is 2.34. The Labute approximate surface area is 113 Å². The van der Waals surface area contributed by atoms with E-state index in [0.717, 1.165) is 6.61 Å². The molecule has 0 N–H and O–H groups in total. The molecule has 1 heterocycles. The molecule has 0 aliphatic carbocycles. The first-order valence-electron chi connectivity index (χ1n) is 7.08. The molecule has 1 saturated heterocycles. The van der Waals surface area contributed by atoms with E-state index < -0.39 is 0 Å². The summed E-state index contributed by atoms with van der Waals surface area (Å²) in [6, 6.07) is 12.1. The van der Waals surface area contributed by atoms with Gasteiger partial charge < -0.3 is 4.74 Å². The summed E-state index contributed by atoms with van der Waals surface area (Å²) in [5.74, 6) is 0. The van der Waals surface area contributed by atoms with E-state index in [4.69, 9.17) is 4.74 Å². The van der Waals surface area contributed by atoms with Crippen LogP contribution in [0, 0.1) is 0 Å². The zero-order valence-electron chi connectivity index (χ0n) is 11.6. The molecular weight excluding hydrogens is 236 g/mol. The van der Waals surface area contributed by atoms with Gasteiger partial charge in [0.25, 0.3) is 0 Å². The Morgan fingerprint density at radius 3 is 2.72 bits per heavy atom. The molecule has 1 aromatic rings. The summed E-state index contributed by atoms with van der Waals surface area (Å²) in [5.41, 5.74) is 2.94. The van der Waals surface area contributed by atoms with Crippen LogP contribution in [0.2, 0.25) is 0 Å². The second-order valence-corrected chi connectivity index (χ2v) is 7.40. The van der Waals surface area contributed by atoms with Gasteiger partial charge in [0.2, 0.25) is 0 Å². The molecule has 18 heavy (non-hydrogen) atoms. The third-order valence-electron chi connectivity index (χ3n) is 4.17. The minimum Gasteiger partial charge on any atom is -0.375 e. The van der Waals surface area contributed by atoms with Crippen molar-refractivity contribution in [2.75, 3.05) is 6.61 Å². The van der Waals surface area contributed by atoms with Crippen LogP contribution in [0.1, 0.15) is 38.7 Å². The van der Waals surface area contributed by atoms with Gasteiger partial charge in [-0.25, -0.2) is 0 Å². The molecule has 0 spiro atoms. The van der Waals surface area contributed by atoms with E-state index in [9.17, 15) is 0 Å². The molecular formula is C16H24OSi. The van der Waals surface area contributed by atoms with Crippen molar-refractivity contribution in [1.29, 1.82) is 0 Å². The number of ether oxygens (including phenoxy) is 1. The van der Waals surface area contributed by atoms with Crippen molar-refractivity contribution in [3.63, 3.8) is 0 Å². The highest BCUT2D eigenvalue weighted by atomic mass is 28.2. The third kappa shape index (κ3) is 3.12. The molecule has 1 unspecified atom stereocenters. The normalized spacial score (nSPS) is 25.8. The standard InChI is InChI=1S/C16H24OSi/c1-3-14(2)16(11-7-8-12-17-16)18-13-15-9-5-4-6-10-15/h3-6,9-10H,7-8,11-13,18H2,1-2H3. The summed E-state index contributed by atoms with van der Waals surface area (Å²) in [6.07, 6.45) is 6.05. The van der Waals surface area contributed by atoms with Gasteiger partial charge in [0.05, 0.1) is 14.7 Å². The zero-order valence-corrected chi connectivity index (χ0v) is 13.0. The Hall–Kier alpha value is -0.863. The van der Waals surface area contributed by atoms with Gasteiger partial charge in [-0.3, -0.25) is 0 Å². The molecule has 0 radical (unpaired) electrons. The van der Waals surface area contributed by atoms with Crippen LogP contribution >= 0.6 is 0 Å². The molecule has 1 aliphatic rings. The van der Waals surface area contributed by atoms with Crippen molar-refractivity contribution < 1.29 is 4.74 Å². The Morgan fingerprint density at radius 1 is 1.33 bits per heavy atom. The molecule has 0 amide bonds. The summed E-state index contributed by atoms with van der Waals surface area (Å²) in [4.78, 5) is 0. The maximum Gasteiger partial charge on any atom is 0.0719 e. The van der Waals surface area contributed by atoms with Gasteiger partial charge in [0, 0.05) is 6.61 Å². The zero-order chi connectivity index (χ0) is 12.8. The van der Waals surface area contributed by atoms with Crippen LogP contribution in [-0.4, -0.2) is 21.4 Å². The quantitative estimate of drug-likeness (QED) is 0.596. The smallest absolute Gasteiger partial charge is 0.0719 e. The summed E-state index contributed by atoms with van der Waals surface area (Å²) in [7, 11) is -0.289. The molecule has 1 aliphatic heterocycles. The molecule has 98 valence electrons. The first-order chi connectivity index (χ1) is 8.77.